The molecule has 0 amide bonds. The number of nitrogens with one attached hydrogen (secondary N) is 1. The van der Waals surface area contributed by atoms with Crippen molar-refractivity contribution in [2.24, 2.45) is 5.73 Å². The molecule has 2 nitrogen and oxygen atoms in total. The van der Waals surface area contributed by atoms with Gasteiger partial charge in [-0.2, -0.15) is 0 Å². The third-order valence-electron chi connectivity index (χ3n) is 3.21. The molecule has 0 saturated heterocycles. The third kappa shape index (κ3) is 3.20. The van der Waals surface area contributed by atoms with Gasteiger partial charge in [-0.05, 0) is 18.9 Å². The van der Waals surface area contributed by atoms with E-state index >= 15 is 0 Å². The Hall–Kier alpha value is -0.0900. The van der Waals surface area contributed by atoms with Gasteiger partial charge >= 0.3 is 0 Å². The zero-order valence-corrected chi connectivity index (χ0v) is 11.0. The van der Waals surface area contributed by atoms with Crippen LogP contribution >= 0.6 is 22.9 Å². The average Bonchev–Trinajstić information content (AvgIpc) is 2.74. The smallest absolute Gasteiger partial charge is 0.0541 e. The predicted molar refractivity (Wildman–Crippen MR) is 71.1 cm³/mol. The lowest BCUT2D eigenvalue weighted by molar-refractivity contribution is 0.342. The second kappa shape index (κ2) is 6.01. The SMILES string of the molecule is NCC(NC1CCCCC1)c1cc(Cl)cs1. The summed E-state index contributed by atoms with van der Waals surface area (Å²) in [5, 5.41) is 6.46. The van der Waals surface area contributed by atoms with Crippen molar-refractivity contribution in [1.29, 1.82) is 0 Å². The lowest BCUT2D eigenvalue weighted by Crippen LogP contribution is -2.37. The largest absolute Gasteiger partial charge is 0.329 e. The first-order chi connectivity index (χ1) is 7.79. The van der Waals surface area contributed by atoms with Crippen molar-refractivity contribution in [3.8, 4) is 0 Å². The summed E-state index contributed by atoms with van der Waals surface area (Å²) >= 11 is 7.64. The van der Waals surface area contributed by atoms with Crippen molar-refractivity contribution in [3.63, 3.8) is 0 Å². The minimum atomic E-state index is 0.278. The summed E-state index contributed by atoms with van der Waals surface area (Å²) in [7, 11) is 0. The van der Waals surface area contributed by atoms with E-state index in [4.69, 9.17) is 17.3 Å². The molecule has 1 aliphatic rings. The minimum absolute atomic E-state index is 0.278. The van der Waals surface area contributed by atoms with Crippen molar-refractivity contribution >= 4 is 22.9 Å². The van der Waals surface area contributed by atoms with Gasteiger partial charge in [0.2, 0.25) is 0 Å². The molecule has 0 aliphatic heterocycles. The zero-order chi connectivity index (χ0) is 11.4. The first kappa shape index (κ1) is 12.4. The van der Waals surface area contributed by atoms with Gasteiger partial charge in [-0.1, -0.05) is 30.9 Å². The summed E-state index contributed by atoms with van der Waals surface area (Å²) in [5.41, 5.74) is 5.83. The molecule has 0 radical (unpaired) electrons. The van der Waals surface area contributed by atoms with Gasteiger partial charge in [0.1, 0.15) is 0 Å². The summed E-state index contributed by atoms with van der Waals surface area (Å²) in [4.78, 5) is 1.26. The van der Waals surface area contributed by atoms with Crippen LogP contribution in [0.25, 0.3) is 0 Å². The molecule has 90 valence electrons. The van der Waals surface area contributed by atoms with Crippen molar-refractivity contribution < 1.29 is 0 Å². The standard InChI is InChI=1S/C12H19ClN2S/c13-9-6-12(16-8-9)11(7-14)15-10-4-2-1-3-5-10/h6,8,10-11,15H,1-5,7,14H2. The van der Waals surface area contributed by atoms with Gasteiger partial charge in [0.05, 0.1) is 11.1 Å². The predicted octanol–water partition coefficient (Wildman–Crippen LogP) is 3.32. The van der Waals surface area contributed by atoms with Crippen LogP contribution in [0.3, 0.4) is 0 Å². The van der Waals surface area contributed by atoms with Gasteiger partial charge in [0.15, 0.2) is 0 Å². The minimum Gasteiger partial charge on any atom is -0.329 e. The molecule has 1 aromatic heterocycles. The third-order valence-corrected chi connectivity index (χ3v) is 4.60. The lowest BCUT2D eigenvalue weighted by atomic mass is 9.95. The second-order valence-corrected chi connectivity index (χ2v) is 5.84. The fraction of sp³-hybridized carbons (Fsp3) is 0.667. The highest BCUT2D eigenvalue weighted by Crippen LogP contribution is 2.27. The highest BCUT2D eigenvalue weighted by molar-refractivity contribution is 7.10. The van der Waals surface area contributed by atoms with Crippen LogP contribution in [0.2, 0.25) is 5.02 Å². The molecule has 16 heavy (non-hydrogen) atoms. The van der Waals surface area contributed by atoms with Gasteiger partial charge in [-0.3, -0.25) is 0 Å². The first-order valence-corrected chi connectivity index (χ1v) is 7.25. The Balaban J connectivity index is 1.94. The van der Waals surface area contributed by atoms with E-state index in [0.29, 0.717) is 12.6 Å². The van der Waals surface area contributed by atoms with E-state index in [9.17, 15) is 0 Å². The van der Waals surface area contributed by atoms with Crippen molar-refractivity contribution in [3.05, 3.63) is 21.3 Å². The van der Waals surface area contributed by atoms with E-state index in [2.05, 4.69) is 5.32 Å². The Morgan fingerprint density at radius 2 is 2.19 bits per heavy atom. The Labute approximate surface area is 106 Å². The topological polar surface area (TPSA) is 38.0 Å². The Bertz CT molecular complexity index is 321. The van der Waals surface area contributed by atoms with E-state index in [-0.39, 0.29) is 6.04 Å². The number of halogens is 1. The molecular formula is C12H19ClN2S. The van der Waals surface area contributed by atoms with Gasteiger partial charge in [0.25, 0.3) is 0 Å². The molecular weight excluding hydrogens is 240 g/mol. The number of hydrogen-bond donors (Lipinski definition) is 2. The molecule has 0 aromatic carbocycles. The Morgan fingerprint density at radius 1 is 1.44 bits per heavy atom. The maximum atomic E-state index is 5.95. The summed E-state index contributed by atoms with van der Waals surface area (Å²) in [6, 6.07) is 2.95. The van der Waals surface area contributed by atoms with E-state index < -0.39 is 0 Å². The maximum absolute atomic E-state index is 5.95. The second-order valence-electron chi connectivity index (χ2n) is 4.46. The van der Waals surface area contributed by atoms with E-state index in [1.807, 2.05) is 11.4 Å². The number of hydrogen-bond acceptors (Lipinski definition) is 3. The summed E-state index contributed by atoms with van der Waals surface area (Å²) in [5.74, 6) is 0. The normalized spacial score (nSPS) is 19.9. The molecule has 1 heterocycles. The van der Waals surface area contributed by atoms with Crippen LogP contribution < -0.4 is 11.1 Å². The zero-order valence-electron chi connectivity index (χ0n) is 9.42. The molecule has 4 heteroatoms. The fourth-order valence-electron chi connectivity index (χ4n) is 2.33. The molecule has 1 atom stereocenters. The highest BCUT2D eigenvalue weighted by atomic mass is 35.5. The quantitative estimate of drug-likeness (QED) is 0.870. The molecule has 1 saturated carbocycles. The van der Waals surface area contributed by atoms with Crippen LogP contribution in [-0.4, -0.2) is 12.6 Å². The van der Waals surface area contributed by atoms with Gasteiger partial charge in [-0.15, -0.1) is 11.3 Å². The van der Waals surface area contributed by atoms with E-state index in [1.54, 1.807) is 11.3 Å². The van der Waals surface area contributed by atoms with Crippen LogP contribution in [0.1, 0.15) is 43.0 Å². The molecule has 1 fully saturated rings. The fourth-order valence-corrected chi connectivity index (χ4v) is 3.49. The number of thiophene rings is 1. The average molecular weight is 259 g/mol. The summed E-state index contributed by atoms with van der Waals surface area (Å²) in [6.45, 7) is 0.646. The maximum Gasteiger partial charge on any atom is 0.0541 e. The number of rotatable bonds is 4. The van der Waals surface area contributed by atoms with E-state index in [1.165, 1.54) is 37.0 Å². The summed E-state index contributed by atoms with van der Waals surface area (Å²) in [6.07, 6.45) is 6.65. The van der Waals surface area contributed by atoms with Crippen molar-refractivity contribution in [2.75, 3.05) is 6.54 Å². The van der Waals surface area contributed by atoms with E-state index in [0.717, 1.165) is 5.02 Å². The van der Waals surface area contributed by atoms with Crippen molar-refractivity contribution in [1.82, 2.24) is 5.32 Å². The Kier molecular flexibility index (Phi) is 4.65. The molecule has 1 unspecified atom stereocenters. The van der Waals surface area contributed by atoms with Gasteiger partial charge < -0.3 is 11.1 Å². The highest BCUT2D eigenvalue weighted by Gasteiger charge is 2.19. The van der Waals surface area contributed by atoms with Crippen LogP contribution in [0.15, 0.2) is 11.4 Å². The van der Waals surface area contributed by atoms with Crippen LogP contribution in [0.5, 0.6) is 0 Å². The van der Waals surface area contributed by atoms with Crippen LogP contribution in [0, 0.1) is 0 Å². The molecule has 2 rings (SSSR count). The molecule has 1 aromatic rings. The molecule has 1 aliphatic carbocycles. The van der Waals surface area contributed by atoms with Gasteiger partial charge in [-0.25, -0.2) is 0 Å². The molecule has 0 bridgehead atoms. The monoisotopic (exact) mass is 258 g/mol. The van der Waals surface area contributed by atoms with Crippen LogP contribution in [0.4, 0.5) is 0 Å². The molecule has 0 spiro atoms. The number of nitrogens with two attached hydrogens (primary N) is 1. The lowest BCUT2D eigenvalue weighted by Gasteiger charge is -2.27. The summed E-state index contributed by atoms with van der Waals surface area (Å²) < 4.78 is 0. The van der Waals surface area contributed by atoms with Crippen LogP contribution in [-0.2, 0) is 0 Å². The molecule has 3 N–H and O–H groups in total. The Morgan fingerprint density at radius 3 is 2.75 bits per heavy atom. The first-order valence-electron chi connectivity index (χ1n) is 5.99. The van der Waals surface area contributed by atoms with Gasteiger partial charge in [0, 0.05) is 22.8 Å². The van der Waals surface area contributed by atoms with Crippen molar-refractivity contribution in [2.45, 2.75) is 44.2 Å².